The molecule has 2 atom stereocenters. The zero-order valence-corrected chi connectivity index (χ0v) is 12.1. The van der Waals surface area contributed by atoms with Crippen LogP contribution in [0.25, 0.3) is 0 Å². The Morgan fingerprint density at radius 2 is 2.25 bits per heavy atom. The molecule has 1 aromatic rings. The fourth-order valence-corrected chi connectivity index (χ4v) is 3.15. The molecule has 0 spiro atoms. The van der Waals surface area contributed by atoms with Crippen LogP contribution in [0.1, 0.15) is 24.5 Å². The SMILES string of the molecule is O=C([C@@H]1CCCN1)N1CCO[C@H](c2ccccc2Cl)C1. The summed E-state index contributed by atoms with van der Waals surface area (Å²) >= 11 is 6.22. The van der Waals surface area contributed by atoms with Crippen LogP contribution in [0.5, 0.6) is 0 Å². The molecule has 3 rings (SSSR count). The lowest BCUT2D eigenvalue weighted by Gasteiger charge is -2.35. The molecule has 2 saturated heterocycles. The maximum Gasteiger partial charge on any atom is 0.239 e. The second kappa shape index (κ2) is 6.12. The number of carbonyl (C=O) groups excluding carboxylic acids is 1. The Bertz CT molecular complexity index is 489. The van der Waals surface area contributed by atoms with Crippen LogP contribution < -0.4 is 5.32 Å². The van der Waals surface area contributed by atoms with E-state index in [1.807, 2.05) is 29.2 Å². The summed E-state index contributed by atoms with van der Waals surface area (Å²) in [6.45, 7) is 2.75. The number of nitrogens with one attached hydrogen (secondary N) is 1. The van der Waals surface area contributed by atoms with Crippen molar-refractivity contribution in [2.24, 2.45) is 0 Å². The summed E-state index contributed by atoms with van der Waals surface area (Å²) in [5, 5.41) is 3.96. The highest BCUT2D eigenvalue weighted by Gasteiger charge is 2.31. The standard InChI is InChI=1S/C15H19ClN2O2/c16-12-5-2-1-4-11(12)14-10-18(8-9-20-14)15(19)13-6-3-7-17-13/h1-2,4-5,13-14,17H,3,6-10H2/t13-,14-/m0/s1. The molecular weight excluding hydrogens is 276 g/mol. The number of carbonyl (C=O) groups is 1. The van der Waals surface area contributed by atoms with Crippen molar-refractivity contribution in [3.05, 3.63) is 34.9 Å². The predicted molar refractivity (Wildman–Crippen MR) is 77.7 cm³/mol. The molecule has 2 aliphatic rings. The third kappa shape index (κ3) is 2.82. The van der Waals surface area contributed by atoms with Gasteiger partial charge in [-0.05, 0) is 25.5 Å². The number of hydrogen-bond acceptors (Lipinski definition) is 3. The average molecular weight is 295 g/mol. The van der Waals surface area contributed by atoms with Crippen LogP contribution in [0.2, 0.25) is 5.02 Å². The third-order valence-corrected chi connectivity index (χ3v) is 4.33. The number of hydrogen-bond donors (Lipinski definition) is 1. The van der Waals surface area contributed by atoms with Gasteiger partial charge in [-0.15, -0.1) is 0 Å². The smallest absolute Gasteiger partial charge is 0.239 e. The van der Waals surface area contributed by atoms with E-state index < -0.39 is 0 Å². The molecule has 0 aromatic heterocycles. The van der Waals surface area contributed by atoms with Gasteiger partial charge in [0.2, 0.25) is 5.91 Å². The number of morpholine rings is 1. The summed E-state index contributed by atoms with van der Waals surface area (Å²) < 4.78 is 5.79. The van der Waals surface area contributed by atoms with Gasteiger partial charge in [-0.25, -0.2) is 0 Å². The summed E-state index contributed by atoms with van der Waals surface area (Å²) in [6.07, 6.45) is 1.89. The molecular formula is C15H19ClN2O2. The number of ether oxygens (including phenoxy) is 1. The van der Waals surface area contributed by atoms with Crippen molar-refractivity contribution < 1.29 is 9.53 Å². The quantitative estimate of drug-likeness (QED) is 0.907. The highest BCUT2D eigenvalue weighted by molar-refractivity contribution is 6.31. The van der Waals surface area contributed by atoms with Gasteiger partial charge in [-0.2, -0.15) is 0 Å². The van der Waals surface area contributed by atoms with Gasteiger partial charge in [-0.1, -0.05) is 29.8 Å². The predicted octanol–water partition coefficient (Wildman–Crippen LogP) is 1.99. The minimum absolute atomic E-state index is 0.0139. The van der Waals surface area contributed by atoms with Crippen LogP contribution in [-0.2, 0) is 9.53 Å². The van der Waals surface area contributed by atoms with E-state index in [0.29, 0.717) is 24.7 Å². The van der Waals surface area contributed by atoms with Crippen molar-refractivity contribution in [1.29, 1.82) is 0 Å². The molecule has 20 heavy (non-hydrogen) atoms. The largest absolute Gasteiger partial charge is 0.370 e. The Morgan fingerprint density at radius 3 is 3.00 bits per heavy atom. The number of amides is 1. The highest BCUT2D eigenvalue weighted by atomic mass is 35.5. The van der Waals surface area contributed by atoms with Gasteiger partial charge in [0.15, 0.2) is 0 Å². The Morgan fingerprint density at radius 1 is 1.40 bits per heavy atom. The van der Waals surface area contributed by atoms with E-state index in [1.54, 1.807) is 0 Å². The fraction of sp³-hybridized carbons (Fsp3) is 0.533. The van der Waals surface area contributed by atoms with Crippen molar-refractivity contribution in [3.8, 4) is 0 Å². The van der Waals surface area contributed by atoms with Gasteiger partial charge in [0.25, 0.3) is 0 Å². The lowest BCUT2D eigenvalue weighted by atomic mass is 10.1. The zero-order valence-electron chi connectivity index (χ0n) is 11.3. The Kier molecular flexibility index (Phi) is 4.24. The average Bonchev–Trinajstić information content (AvgIpc) is 3.01. The Balaban J connectivity index is 1.70. The molecule has 1 amide bonds. The molecule has 1 aromatic carbocycles. The van der Waals surface area contributed by atoms with E-state index in [2.05, 4.69) is 5.32 Å². The summed E-state index contributed by atoms with van der Waals surface area (Å²) in [5.41, 5.74) is 0.964. The summed E-state index contributed by atoms with van der Waals surface area (Å²) in [7, 11) is 0. The first-order chi connectivity index (χ1) is 9.75. The lowest BCUT2D eigenvalue weighted by Crippen LogP contribution is -2.49. The molecule has 2 aliphatic heterocycles. The topological polar surface area (TPSA) is 41.6 Å². The minimum Gasteiger partial charge on any atom is -0.370 e. The van der Waals surface area contributed by atoms with E-state index in [-0.39, 0.29) is 18.1 Å². The number of nitrogens with zero attached hydrogens (tertiary/aromatic N) is 1. The number of halogens is 1. The monoisotopic (exact) mass is 294 g/mol. The molecule has 1 N–H and O–H groups in total. The van der Waals surface area contributed by atoms with Crippen LogP contribution in [0.4, 0.5) is 0 Å². The van der Waals surface area contributed by atoms with Crippen LogP contribution in [0.15, 0.2) is 24.3 Å². The number of benzene rings is 1. The van der Waals surface area contributed by atoms with Crippen molar-refractivity contribution in [3.63, 3.8) is 0 Å². The lowest BCUT2D eigenvalue weighted by molar-refractivity contribution is -0.140. The Labute approximate surface area is 124 Å². The zero-order chi connectivity index (χ0) is 13.9. The Hall–Kier alpha value is -1.10. The second-order valence-electron chi connectivity index (χ2n) is 5.31. The van der Waals surface area contributed by atoms with Crippen LogP contribution in [0, 0.1) is 0 Å². The summed E-state index contributed by atoms with van der Waals surface area (Å²) in [6, 6.07) is 7.66. The number of rotatable bonds is 2. The van der Waals surface area contributed by atoms with E-state index in [4.69, 9.17) is 16.3 Å². The van der Waals surface area contributed by atoms with Crippen molar-refractivity contribution in [2.45, 2.75) is 25.0 Å². The van der Waals surface area contributed by atoms with Gasteiger partial charge in [-0.3, -0.25) is 4.79 Å². The normalized spacial score (nSPS) is 26.8. The van der Waals surface area contributed by atoms with Gasteiger partial charge in [0.1, 0.15) is 6.10 Å². The maximum absolute atomic E-state index is 12.4. The molecule has 0 bridgehead atoms. The molecule has 0 saturated carbocycles. The van der Waals surface area contributed by atoms with Crippen molar-refractivity contribution in [2.75, 3.05) is 26.2 Å². The van der Waals surface area contributed by atoms with Gasteiger partial charge >= 0.3 is 0 Å². The van der Waals surface area contributed by atoms with Gasteiger partial charge in [0, 0.05) is 17.1 Å². The first-order valence-electron chi connectivity index (χ1n) is 7.14. The van der Waals surface area contributed by atoms with E-state index in [0.717, 1.165) is 24.9 Å². The molecule has 108 valence electrons. The van der Waals surface area contributed by atoms with Gasteiger partial charge in [0.05, 0.1) is 19.2 Å². The minimum atomic E-state index is -0.122. The first-order valence-corrected chi connectivity index (χ1v) is 7.51. The molecule has 5 heteroatoms. The molecule has 4 nitrogen and oxygen atoms in total. The van der Waals surface area contributed by atoms with Gasteiger partial charge < -0.3 is 15.0 Å². The highest BCUT2D eigenvalue weighted by Crippen LogP contribution is 2.28. The molecule has 2 fully saturated rings. The molecule has 2 heterocycles. The van der Waals surface area contributed by atoms with E-state index in [9.17, 15) is 4.79 Å². The third-order valence-electron chi connectivity index (χ3n) is 3.99. The second-order valence-corrected chi connectivity index (χ2v) is 5.72. The summed E-state index contributed by atoms with van der Waals surface area (Å²) in [4.78, 5) is 14.3. The molecule has 0 radical (unpaired) electrons. The van der Waals surface area contributed by atoms with Crippen molar-refractivity contribution >= 4 is 17.5 Å². The maximum atomic E-state index is 12.4. The van der Waals surface area contributed by atoms with Crippen LogP contribution in [0.3, 0.4) is 0 Å². The molecule has 0 aliphatic carbocycles. The fourth-order valence-electron chi connectivity index (χ4n) is 2.89. The van der Waals surface area contributed by atoms with Crippen LogP contribution >= 0.6 is 11.6 Å². The molecule has 0 unspecified atom stereocenters. The van der Waals surface area contributed by atoms with E-state index in [1.165, 1.54) is 0 Å². The van der Waals surface area contributed by atoms with Crippen LogP contribution in [-0.4, -0.2) is 43.1 Å². The van der Waals surface area contributed by atoms with E-state index >= 15 is 0 Å². The first kappa shape index (κ1) is 13.9. The van der Waals surface area contributed by atoms with Crippen molar-refractivity contribution in [1.82, 2.24) is 10.2 Å². The summed E-state index contributed by atoms with van der Waals surface area (Å²) in [5.74, 6) is 0.197.